The Morgan fingerprint density at radius 2 is 1.87 bits per heavy atom. The highest BCUT2D eigenvalue weighted by Crippen LogP contribution is 2.46. The first-order valence-corrected chi connectivity index (χ1v) is 10.6. The molecule has 0 saturated carbocycles. The van der Waals surface area contributed by atoms with E-state index in [9.17, 15) is 18.0 Å². The topological polar surface area (TPSA) is 59.0 Å². The number of fused-ring (bicyclic) bond motifs is 1. The SMILES string of the molecule is CCc1ccc(NC(=O)c2nn3c(c2Br)N[C@H](c2ccccc2)C[C@@H]3C(F)(F)F)cc1. The average Bonchev–Trinajstić information content (AvgIpc) is 3.10. The van der Waals surface area contributed by atoms with Crippen LogP contribution in [0.5, 0.6) is 0 Å². The van der Waals surface area contributed by atoms with Gasteiger partial charge in [0.2, 0.25) is 0 Å². The van der Waals surface area contributed by atoms with Crippen LogP contribution in [0.2, 0.25) is 0 Å². The van der Waals surface area contributed by atoms with Gasteiger partial charge in [-0.05, 0) is 45.6 Å². The van der Waals surface area contributed by atoms with Crippen molar-refractivity contribution in [1.82, 2.24) is 9.78 Å². The minimum absolute atomic E-state index is 0.106. The van der Waals surface area contributed by atoms with Gasteiger partial charge in [-0.3, -0.25) is 4.79 Å². The molecule has 1 aromatic heterocycles. The molecular weight excluding hydrogens is 473 g/mol. The fourth-order valence-corrected chi connectivity index (χ4v) is 4.21. The lowest BCUT2D eigenvalue weighted by Crippen LogP contribution is -2.35. The van der Waals surface area contributed by atoms with E-state index in [1.807, 2.05) is 25.1 Å². The van der Waals surface area contributed by atoms with Crippen molar-refractivity contribution < 1.29 is 18.0 Å². The van der Waals surface area contributed by atoms with Gasteiger partial charge in [0.05, 0.1) is 10.5 Å². The summed E-state index contributed by atoms with van der Waals surface area (Å²) in [6.07, 6.45) is -3.88. The van der Waals surface area contributed by atoms with E-state index in [0.29, 0.717) is 5.69 Å². The molecule has 0 spiro atoms. The van der Waals surface area contributed by atoms with Crippen LogP contribution in [-0.4, -0.2) is 21.9 Å². The molecule has 1 amide bonds. The molecule has 162 valence electrons. The van der Waals surface area contributed by atoms with Crippen LogP contribution in [0.25, 0.3) is 0 Å². The predicted molar refractivity (Wildman–Crippen MR) is 116 cm³/mol. The van der Waals surface area contributed by atoms with Crippen LogP contribution in [0.15, 0.2) is 59.1 Å². The van der Waals surface area contributed by atoms with Crippen molar-refractivity contribution in [3.8, 4) is 0 Å². The van der Waals surface area contributed by atoms with E-state index in [1.165, 1.54) is 0 Å². The lowest BCUT2D eigenvalue weighted by Gasteiger charge is -2.33. The molecule has 0 aliphatic carbocycles. The minimum Gasteiger partial charge on any atom is -0.362 e. The number of hydrogen-bond acceptors (Lipinski definition) is 3. The molecule has 0 fully saturated rings. The maximum atomic E-state index is 13.9. The van der Waals surface area contributed by atoms with Gasteiger partial charge in [0, 0.05) is 12.1 Å². The highest BCUT2D eigenvalue weighted by Gasteiger charge is 2.47. The van der Waals surface area contributed by atoms with Crippen LogP contribution in [-0.2, 0) is 6.42 Å². The largest absolute Gasteiger partial charge is 0.410 e. The first kappa shape index (κ1) is 21.4. The molecular formula is C22H20BrF3N4O. The number of carbonyl (C=O) groups is 1. The molecule has 1 aliphatic rings. The number of nitrogens with zero attached hydrogens (tertiary/aromatic N) is 2. The number of amides is 1. The van der Waals surface area contributed by atoms with E-state index < -0.39 is 24.2 Å². The Morgan fingerprint density at radius 1 is 1.19 bits per heavy atom. The number of nitrogens with one attached hydrogen (secondary N) is 2. The second-order valence-electron chi connectivity index (χ2n) is 7.36. The summed E-state index contributed by atoms with van der Waals surface area (Å²) in [4.78, 5) is 12.8. The van der Waals surface area contributed by atoms with E-state index in [1.54, 1.807) is 36.4 Å². The fourth-order valence-electron chi connectivity index (χ4n) is 3.65. The fraction of sp³-hybridized carbons (Fsp3) is 0.273. The highest BCUT2D eigenvalue weighted by atomic mass is 79.9. The Morgan fingerprint density at radius 3 is 2.48 bits per heavy atom. The van der Waals surface area contributed by atoms with Crippen molar-refractivity contribution in [2.24, 2.45) is 0 Å². The van der Waals surface area contributed by atoms with E-state index in [0.717, 1.165) is 22.2 Å². The molecule has 5 nitrogen and oxygen atoms in total. The number of benzene rings is 2. The van der Waals surface area contributed by atoms with Gasteiger partial charge in [0.25, 0.3) is 5.91 Å². The van der Waals surface area contributed by atoms with Gasteiger partial charge in [0.15, 0.2) is 11.7 Å². The lowest BCUT2D eigenvalue weighted by molar-refractivity contribution is -0.173. The van der Waals surface area contributed by atoms with Crippen LogP contribution < -0.4 is 10.6 Å². The Bertz CT molecular complexity index is 1080. The third kappa shape index (κ3) is 4.32. The molecule has 2 heterocycles. The van der Waals surface area contributed by atoms with E-state index in [-0.39, 0.29) is 22.4 Å². The van der Waals surface area contributed by atoms with Gasteiger partial charge in [-0.2, -0.15) is 18.3 Å². The number of rotatable bonds is 4. The molecule has 0 radical (unpaired) electrons. The van der Waals surface area contributed by atoms with Gasteiger partial charge < -0.3 is 10.6 Å². The number of aromatic nitrogens is 2. The third-order valence-electron chi connectivity index (χ3n) is 5.33. The van der Waals surface area contributed by atoms with Gasteiger partial charge in [-0.25, -0.2) is 4.68 Å². The normalized spacial score (nSPS) is 18.2. The quantitative estimate of drug-likeness (QED) is 0.461. The standard InChI is InChI=1S/C22H20BrF3N4O/c1-2-13-8-10-15(11-9-13)27-21(31)19-18(23)20-28-16(14-6-4-3-5-7-14)12-17(22(24,25)26)30(20)29-19/h3-11,16-17,28H,2,12H2,1H3,(H,27,31)/t16-,17+/m0/s1. The lowest BCUT2D eigenvalue weighted by atomic mass is 9.97. The zero-order valence-electron chi connectivity index (χ0n) is 16.6. The van der Waals surface area contributed by atoms with Gasteiger partial charge in [-0.1, -0.05) is 49.4 Å². The molecule has 1 aliphatic heterocycles. The van der Waals surface area contributed by atoms with Crippen molar-refractivity contribution in [2.75, 3.05) is 10.6 Å². The molecule has 9 heteroatoms. The maximum Gasteiger partial charge on any atom is 0.410 e. The Hall–Kier alpha value is -2.81. The maximum absolute atomic E-state index is 13.9. The third-order valence-corrected chi connectivity index (χ3v) is 6.08. The van der Waals surface area contributed by atoms with Crippen LogP contribution in [0.3, 0.4) is 0 Å². The number of anilines is 2. The second kappa shape index (κ2) is 8.37. The zero-order chi connectivity index (χ0) is 22.2. The smallest absolute Gasteiger partial charge is 0.362 e. The van der Waals surface area contributed by atoms with Crippen molar-refractivity contribution >= 4 is 33.3 Å². The van der Waals surface area contributed by atoms with Crippen LogP contribution in [0, 0.1) is 0 Å². The van der Waals surface area contributed by atoms with Gasteiger partial charge in [0.1, 0.15) is 5.82 Å². The number of carbonyl (C=O) groups excluding carboxylic acids is 1. The number of aryl methyl sites for hydroxylation is 1. The molecule has 3 aromatic rings. The number of halogens is 4. The summed E-state index contributed by atoms with van der Waals surface area (Å²) in [6.45, 7) is 2.02. The van der Waals surface area contributed by atoms with Crippen molar-refractivity contribution in [2.45, 2.75) is 38.0 Å². The average molecular weight is 493 g/mol. The predicted octanol–water partition coefficient (Wildman–Crippen LogP) is 6.12. The van der Waals surface area contributed by atoms with Crippen molar-refractivity contribution in [3.63, 3.8) is 0 Å². The van der Waals surface area contributed by atoms with Crippen LogP contribution >= 0.6 is 15.9 Å². The summed E-state index contributed by atoms with van der Waals surface area (Å²) < 4.78 is 42.7. The zero-order valence-corrected chi connectivity index (χ0v) is 18.2. The van der Waals surface area contributed by atoms with Gasteiger partial charge >= 0.3 is 6.18 Å². The molecule has 0 bridgehead atoms. The summed E-state index contributed by atoms with van der Waals surface area (Å²) in [5, 5.41) is 9.84. The summed E-state index contributed by atoms with van der Waals surface area (Å²) in [5.41, 5.74) is 2.28. The number of alkyl halides is 3. The summed E-state index contributed by atoms with van der Waals surface area (Å²) in [5.74, 6) is -0.453. The summed E-state index contributed by atoms with van der Waals surface area (Å²) in [7, 11) is 0. The second-order valence-corrected chi connectivity index (χ2v) is 8.15. The van der Waals surface area contributed by atoms with E-state index in [2.05, 4.69) is 31.7 Å². The van der Waals surface area contributed by atoms with Gasteiger partial charge in [-0.15, -0.1) is 0 Å². The molecule has 0 saturated heterocycles. The first-order valence-electron chi connectivity index (χ1n) is 9.84. The first-order chi connectivity index (χ1) is 14.8. The molecule has 2 N–H and O–H groups in total. The van der Waals surface area contributed by atoms with Crippen LogP contribution in [0.1, 0.15) is 47.0 Å². The molecule has 2 atom stereocenters. The van der Waals surface area contributed by atoms with Crippen molar-refractivity contribution in [1.29, 1.82) is 0 Å². The Kier molecular flexibility index (Phi) is 5.79. The monoisotopic (exact) mass is 492 g/mol. The molecule has 2 aromatic carbocycles. The van der Waals surface area contributed by atoms with Crippen molar-refractivity contribution in [3.05, 3.63) is 75.9 Å². The summed E-state index contributed by atoms with van der Waals surface area (Å²) in [6, 6.07) is 13.8. The Labute approximate surface area is 185 Å². The Balaban J connectivity index is 1.67. The molecule has 4 rings (SSSR count). The highest BCUT2D eigenvalue weighted by molar-refractivity contribution is 9.10. The van der Waals surface area contributed by atoms with Crippen LogP contribution in [0.4, 0.5) is 24.7 Å². The van der Waals surface area contributed by atoms with E-state index in [4.69, 9.17) is 0 Å². The minimum atomic E-state index is -4.51. The molecule has 31 heavy (non-hydrogen) atoms. The molecule has 0 unspecified atom stereocenters. The summed E-state index contributed by atoms with van der Waals surface area (Å²) >= 11 is 3.29. The number of hydrogen-bond donors (Lipinski definition) is 2. The van der Waals surface area contributed by atoms with E-state index >= 15 is 0 Å².